The highest BCUT2D eigenvalue weighted by atomic mass is 35.5. The Kier molecular flexibility index (Phi) is 4.04. The van der Waals surface area contributed by atoms with Gasteiger partial charge in [0.1, 0.15) is 5.15 Å². The maximum atomic E-state index is 11.6. The number of anilines is 1. The third kappa shape index (κ3) is 3.05. The molecule has 0 saturated carbocycles. The minimum Gasteiger partial charge on any atom is -0.250 e. The average Bonchev–Trinajstić information content (AvgIpc) is 2.18. The summed E-state index contributed by atoms with van der Waals surface area (Å²) in [6.45, 7) is 1.60. The number of nitriles is 1. The molecule has 1 rings (SSSR count). The molecule has 16 heavy (non-hydrogen) atoms. The van der Waals surface area contributed by atoms with E-state index in [1.165, 1.54) is 12.3 Å². The largest absolute Gasteiger partial charge is 0.251 e. The van der Waals surface area contributed by atoms with E-state index in [9.17, 15) is 8.42 Å². The van der Waals surface area contributed by atoms with Crippen LogP contribution in [0.3, 0.4) is 0 Å². The van der Waals surface area contributed by atoms with Crippen molar-refractivity contribution in [3.05, 3.63) is 17.4 Å². The molecule has 8 heteroatoms. The van der Waals surface area contributed by atoms with E-state index in [4.69, 9.17) is 16.9 Å². The Hall–Kier alpha value is -1.39. The number of aromatic nitrogens is 2. The SMILES string of the molecule is CCC(C#N)S(=O)(=O)Nc1nccc(Cl)n1. The van der Waals surface area contributed by atoms with Gasteiger partial charge in [0, 0.05) is 6.20 Å². The van der Waals surface area contributed by atoms with Crippen molar-refractivity contribution in [2.45, 2.75) is 18.6 Å². The number of rotatable bonds is 4. The van der Waals surface area contributed by atoms with Gasteiger partial charge < -0.3 is 0 Å². The fraction of sp³-hybridized carbons (Fsp3) is 0.375. The summed E-state index contributed by atoms with van der Waals surface area (Å²) in [5.41, 5.74) is 0. The van der Waals surface area contributed by atoms with E-state index in [2.05, 4.69) is 14.7 Å². The number of sulfonamides is 1. The summed E-state index contributed by atoms with van der Waals surface area (Å²) in [7, 11) is -3.79. The van der Waals surface area contributed by atoms with E-state index in [1.807, 2.05) is 0 Å². The molecule has 1 N–H and O–H groups in total. The fourth-order valence-electron chi connectivity index (χ4n) is 0.964. The standard InChI is InChI=1S/C8H9ClN4O2S/c1-2-6(5-10)16(14,15)13-8-11-4-3-7(9)12-8/h3-4,6H,2H2,1H3,(H,11,12,13). The molecule has 0 aliphatic rings. The van der Waals surface area contributed by atoms with Gasteiger partial charge in [-0.3, -0.25) is 4.72 Å². The van der Waals surface area contributed by atoms with E-state index >= 15 is 0 Å². The van der Waals surface area contributed by atoms with Gasteiger partial charge in [-0.25, -0.2) is 18.4 Å². The Balaban J connectivity index is 2.94. The zero-order chi connectivity index (χ0) is 12.2. The summed E-state index contributed by atoms with van der Waals surface area (Å²) in [4.78, 5) is 7.34. The number of hydrogen-bond acceptors (Lipinski definition) is 5. The van der Waals surface area contributed by atoms with E-state index in [0.29, 0.717) is 0 Å². The minimum atomic E-state index is -3.79. The monoisotopic (exact) mass is 260 g/mol. The quantitative estimate of drug-likeness (QED) is 0.820. The molecule has 0 amide bonds. The molecule has 86 valence electrons. The lowest BCUT2D eigenvalue weighted by Crippen LogP contribution is -2.26. The zero-order valence-corrected chi connectivity index (χ0v) is 9.96. The van der Waals surface area contributed by atoms with Crippen LogP contribution in [-0.2, 0) is 10.0 Å². The molecule has 1 atom stereocenters. The minimum absolute atomic E-state index is 0.123. The van der Waals surface area contributed by atoms with Crippen LogP contribution in [0.15, 0.2) is 12.3 Å². The Morgan fingerprint density at radius 3 is 2.88 bits per heavy atom. The first-order valence-electron chi connectivity index (χ1n) is 4.39. The number of hydrogen-bond donors (Lipinski definition) is 1. The van der Waals surface area contributed by atoms with Gasteiger partial charge in [-0.05, 0) is 12.5 Å². The van der Waals surface area contributed by atoms with Crippen molar-refractivity contribution < 1.29 is 8.42 Å². The van der Waals surface area contributed by atoms with Crippen LogP contribution >= 0.6 is 11.6 Å². The van der Waals surface area contributed by atoms with Gasteiger partial charge in [-0.15, -0.1) is 0 Å². The molecule has 0 radical (unpaired) electrons. The normalized spacial score (nSPS) is 12.8. The van der Waals surface area contributed by atoms with Crippen LogP contribution in [-0.4, -0.2) is 23.6 Å². The van der Waals surface area contributed by atoms with E-state index in [-0.39, 0.29) is 17.5 Å². The van der Waals surface area contributed by atoms with Gasteiger partial charge in [0.05, 0.1) is 6.07 Å². The Bertz CT molecular complexity index is 511. The average molecular weight is 261 g/mol. The van der Waals surface area contributed by atoms with Gasteiger partial charge in [-0.1, -0.05) is 18.5 Å². The third-order valence-corrected chi connectivity index (χ3v) is 3.61. The number of halogens is 1. The Labute approximate surface area is 98.3 Å². The molecule has 0 aromatic carbocycles. The lowest BCUT2D eigenvalue weighted by Gasteiger charge is -2.09. The summed E-state index contributed by atoms with van der Waals surface area (Å²) < 4.78 is 25.3. The van der Waals surface area contributed by atoms with Crippen molar-refractivity contribution in [3.63, 3.8) is 0 Å². The van der Waals surface area contributed by atoms with Crippen molar-refractivity contribution in [2.75, 3.05) is 4.72 Å². The molecule has 0 aliphatic carbocycles. The number of nitrogens with zero attached hydrogens (tertiary/aromatic N) is 3. The highest BCUT2D eigenvalue weighted by Gasteiger charge is 2.24. The molecule has 6 nitrogen and oxygen atoms in total. The first-order valence-corrected chi connectivity index (χ1v) is 6.32. The van der Waals surface area contributed by atoms with Crippen LogP contribution in [0.25, 0.3) is 0 Å². The summed E-state index contributed by atoms with van der Waals surface area (Å²) >= 11 is 5.57. The Morgan fingerprint density at radius 2 is 2.38 bits per heavy atom. The predicted octanol–water partition coefficient (Wildman–Crippen LogP) is 1.17. The molecule has 0 fully saturated rings. The van der Waals surface area contributed by atoms with Gasteiger partial charge in [0.15, 0.2) is 5.25 Å². The van der Waals surface area contributed by atoms with E-state index in [1.54, 1.807) is 13.0 Å². The molecular formula is C8H9ClN4O2S. The highest BCUT2D eigenvalue weighted by molar-refractivity contribution is 7.93. The molecule has 1 heterocycles. The fourth-order valence-corrected chi connectivity index (χ4v) is 2.17. The topological polar surface area (TPSA) is 95.7 Å². The summed E-state index contributed by atoms with van der Waals surface area (Å²) in [5, 5.41) is 7.65. The van der Waals surface area contributed by atoms with Crippen molar-refractivity contribution >= 4 is 27.6 Å². The highest BCUT2D eigenvalue weighted by Crippen LogP contribution is 2.11. The van der Waals surface area contributed by atoms with Gasteiger partial charge in [0.25, 0.3) is 10.0 Å². The van der Waals surface area contributed by atoms with Crippen LogP contribution in [0.1, 0.15) is 13.3 Å². The Morgan fingerprint density at radius 1 is 1.69 bits per heavy atom. The smallest absolute Gasteiger partial charge is 0.250 e. The summed E-state index contributed by atoms with van der Waals surface area (Å²) in [5.74, 6) is -0.138. The van der Waals surface area contributed by atoms with Crippen LogP contribution in [0.5, 0.6) is 0 Å². The first-order chi connectivity index (χ1) is 7.49. The van der Waals surface area contributed by atoms with Crippen LogP contribution < -0.4 is 4.72 Å². The number of nitrogens with one attached hydrogen (secondary N) is 1. The molecule has 0 spiro atoms. The molecule has 0 bridgehead atoms. The van der Waals surface area contributed by atoms with Crippen LogP contribution in [0.4, 0.5) is 5.95 Å². The van der Waals surface area contributed by atoms with Crippen molar-refractivity contribution in [1.29, 1.82) is 5.26 Å². The van der Waals surface area contributed by atoms with E-state index < -0.39 is 15.3 Å². The predicted molar refractivity (Wildman–Crippen MR) is 59.3 cm³/mol. The van der Waals surface area contributed by atoms with Crippen molar-refractivity contribution in [1.82, 2.24) is 9.97 Å². The summed E-state index contributed by atoms with van der Waals surface area (Å²) in [6.07, 6.45) is 1.51. The van der Waals surface area contributed by atoms with Gasteiger partial charge >= 0.3 is 0 Å². The van der Waals surface area contributed by atoms with E-state index in [0.717, 1.165) is 0 Å². The van der Waals surface area contributed by atoms with Gasteiger partial charge in [-0.2, -0.15) is 5.26 Å². The summed E-state index contributed by atoms with van der Waals surface area (Å²) in [6, 6.07) is 3.11. The molecule has 0 saturated heterocycles. The molecular weight excluding hydrogens is 252 g/mol. The maximum absolute atomic E-state index is 11.6. The maximum Gasteiger partial charge on any atom is 0.251 e. The van der Waals surface area contributed by atoms with Crippen molar-refractivity contribution in [2.24, 2.45) is 0 Å². The lowest BCUT2D eigenvalue weighted by molar-refractivity contribution is 0.592. The lowest BCUT2D eigenvalue weighted by atomic mass is 10.4. The van der Waals surface area contributed by atoms with Crippen LogP contribution in [0.2, 0.25) is 5.15 Å². The second kappa shape index (κ2) is 5.09. The zero-order valence-electron chi connectivity index (χ0n) is 8.38. The van der Waals surface area contributed by atoms with Crippen LogP contribution in [0, 0.1) is 11.3 Å². The first kappa shape index (κ1) is 12.7. The second-order valence-corrected chi connectivity index (χ2v) is 5.13. The molecule has 1 aromatic rings. The second-order valence-electron chi connectivity index (χ2n) is 2.88. The van der Waals surface area contributed by atoms with Crippen molar-refractivity contribution in [3.8, 4) is 6.07 Å². The molecule has 0 aliphatic heterocycles. The molecule has 1 aromatic heterocycles. The third-order valence-electron chi connectivity index (χ3n) is 1.74. The molecule has 1 unspecified atom stereocenters. The van der Waals surface area contributed by atoms with Gasteiger partial charge in [0.2, 0.25) is 5.95 Å².